The first-order chi connectivity index (χ1) is 14.6. The Kier molecular flexibility index (Phi) is 6.29. The molecule has 1 aromatic carbocycles. The number of pyridine rings is 1. The Morgan fingerprint density at radius 2 is 2.07 bits per heavy atom. The van der Waals surface area contributed by atoms with Gasteiger partial charge in [0.15, 0.2) is 11.6 Å². The van der Waals surface area contributed by atoms with Crippen LogP contribution in [-0.4, -0.2) is 46.9 Å². The maximum absolute atomic E-state index is 13.5. The normalized spacial score (nSPS) is 16.8. The third-order valence-corrected chi connectivity index (χ3v) is 4.99. The Morgan fingerprint density at radius 3 is 2.90 bits per heavy atom. The minimum atomic E-state index is -0.846. The van der Waals surface area contributed by atoms with Gasteiger partial charge in [-0.1, -0.05) is 11.2 Å². The molecule has 3 heterocycles. The van der Waals surface area contributed by atoms with Crippen LogP contribution in [0.5, 0.6) is 5.88 Å². The number of halogens is 2. The van der Waals surface area contributed by atoms with Crippen molar-refractivity contribution in [3.8, 4) is 17.3 Å². The van der Waals surface area contributed by atoms with E-state index in [0.717, 1.165) is 31.0 Å². The highest BCUT2D eigenvalue weighted by Crippen LogP contribution is 2.33. The van der Waals surface area contributed by atoms with E-state index in [1.165, 1.54) is 6.07 Å². The fraction of sp³-hybridized carbons (Fsp3) is 0.381. The molecular formula is C21H22F2N4O3. The summed E-state index contributed by atoms with van der Waals surface area (Å²) in [7, 11) is 1.60. The number of methoxy groups -OCH3 is 1. The molecule has 1 unspecified atom stereocenters. The summed E-state index contributed by atoms with van der Waals surface area (Å²) >= 11 is 0. The van der Waals surface area contributed by atoms with Crippen LogP contribution < -0.4 is 4.74 Å². The number of ether oxygens (including phenoxy) is 2. The van der Waals surface area contributed by atoms with Crippen molar-refractivity contribution in [3.05, 3.63) is 59.6 Å². The predicted molar refractivity (Wildman–Crippen MR) is 104 cm³/mol. The summed E-state index contributed by atoms with van der Waals surface area (Å²) in [6.45, 7) is 2.15. The first-order valence-corrected chi connectivity index (χ1v) is 9.74. The lowest BCUT2D eigenvalue weighted by Gasteiger charge is -2.21. The second-order valence-electron chi connectivity index (χ2n) is 7.06. The van der Waals surface area contributed by atoms with Crippen molar-refractivity contribution < 1.29 is 22.8 Å². The van der Waals surface area contributed by atoms with Crippen LogP contribution in [0.4, 0.5) is 8.78 Å². The van der Waals surface area contributed by atoms with Gasteiger partial charge in [-0.3, -0.25) is 4.90 Å². The van der Waals surface area contributed by atoms with Crippen LogP contribution in [0.2, 0.25) is 0 Å². The van der Waals surface area contributed by atoms with Gasteiger partial charge in [0, 0.05) is 31.5 Å². The Balaban J connectivity index is 1.47. The Bertz CT molecular complexity index is 998. The zero-order valence-electron chi connectivity index (χ0n) is 16.6. The molecule has 1 saturated heterocycles. The van der Waals surface area contributed by atoms with Crippen LogP contribution in [0.15, 0.2) is 41.1 Å². The van der Waals surface area contributed by atoms with E-state index >= 15 is 0 Å². The number of rotatable bonds is 8. The van der Waals surface area contributed by atoms with Gasteiger partial charge < -0.3 is 14.0 Å². The third kappa shape index (κ3) is 4.63. The molecule has 0 N–H and O–H groups in total. The van der Waals surface area contributed by atoms with E-state index in [-0.39, 0.29) is 6.04 Å². The fourth-order valence-corrected chi connectivity index (χ4v) is 3.51. The highest BCUT2D eigenvalue weighted by atomic mass is 19.2. The minimum absolute atomic E-state index is 0.0707. The molecule has 30 heavy (non-hydrogen) atoms. The second kappa shape index (κ2) is 9.27. The molecule has 1 aliphatic rings. The van der Waals surface area contributed by atoms with Crippen molar-refractivity contribution in [1.29, 1.82) is 0 Å². The summed E-state index contributed by atoms with van der Waals surface area (Å²) in [5.41, 5.74) is 1.44. The minimum Gasteiger partial charge on any atom is -0.475 e. The largest absolute Gasteiger partial charge is 0.475 e. The quantitative estimate of drug-likeness (QED) is 0.518. The van der Waals surface area contributed by atoms with Crippen molar-refractivity contribution in [1.82, 2.24) is 20.0 Å². The molecule has 0 amide bonds. The molecule has 7 nitrogen and oxygen atoms in total. The lowest BCUT2D eigenvalue weighted by molar-refractivity contribution is 0.144. The summed E-state index contributed by atoms with van der Waals surface area (Å²) in [6, 6.07) is 7.43. The number of aromatic nitrogens is 3. The van der Waals surface area contributed by atoms with Crippen molar-refractivity contribution in [2.75, 3.05) is 26.9 Å². The molecule has 0 aliphatic carbocycles. The van der Waals surface area contributed by atoms with E-state index in [2.05, 4.69) is 20.0 Å². The molecule has 158 valence electrons. The van der Waals surface area contributed by atoms with Crippen LogP contribution >= 0.6 is 0 Å². The molecule has 0 radical (unpaired) electrons. The Hall–Kier alpha value is -2.91. The number of benzene rings is 1. The fourth-order valence-electron chi connectivity index (χ4n) is 3.51. The Labute approximate surface area is 172 Å². The van der Waals surface area contributed by atoms with E-state index < -0.39 is 11.6 Å². The van der Waals surface area contributed by atoms with Crippen molar-refractivity contribution >= 4 is 0 Å². The van der Waals surface area contributed by atoms with Gasteiger partial charge in [0.2, 0.25) is 17.6 Å². The number of nitrogens with zero attached hydrogens (tertiary/aromatic N) is 4. The molecule has 2 aromatic heterocycles. The van der Waals surface area contributed by atoms with Gasteiger partial charge in [-0.15, -0.1) is 0 Å². The van der Waals surface area contributed by atoms with Gasteiger partial charge in [0.25, 0.3) is 0 Å². The van der Waals surface area contributed by atoms with Crippen molar-refractivity contribution in [3.63, 3.8) is 0 Å². The van der Waals surface area contributed by atoms with Crippen LogP contribution in [0.3, 0.4) is 0 Å². The molecule has 3 aromatic rings. The van der Waals surface area contributed by atoms with Gasteiger partial charge >= 0.3 is 0 Å². The lowest BCUT2D eigenvalue weighted by Crippen LogP contribution is -2.23. The summed E-state index contributed by atoms with van der Waals surface area (Å²) in [6.07, 6.45) is 3.43. The first-order valence-electron chi connectivity index (χ1n) is 9.74. The molecule has 1 atom stereocenters. The summed E-state index contributed by atoms with van der Waals surface area (Å²) in [5, 5.41) is 4.11. The number of hydrogen-bond acceptors (Lipinski definition) is 7. The maximum atomic E-state index is 13.5. The highest BCUT2D eigenvalue weighted by molar-refractivity contribution is 5.55. The van der Waals surface area contributed by atoms with E-state index in [0.29, 0.717) is 42.9 Å². The predicted octanol–water partition coefficient (Wildman–Crippen LogP) is 3.77. The zero-order chi connectivity index (χ0) is 20.9. The zero-order valence-corrected chi connectivity index (χ0v) is 16.6. The van der Waals surface area contributed by atoms with Crippen LogP contribution in [0.25, 0.3) is 11.4 Å². The number of hydrogen-bond donors (Lipinski definition) is 0. The molecule has 1 aliphatic heterocycles. The van der Waals surface area contributed by atoms with Gasteiger partial charge in [-0.2, -0.15) is 4.98 Å². The molecule has 0 spiro atoms. The first kappa shape index (κ1) is 20.4. The van der Waals surface area contributed by atoms with Gasteiger partial charge in [0.05, 0.1) is 12.6 Å². The molecular weight excluding hydrogens is 394 g/mol. The summed E-state index contributed by atoms with van der Waals surface area (Å²) < 4.78 is 42.8. The smallest absolute Gasteiger partial charge is 0.244 e. The topological polar surface area (TPSA) is 73.5 Å². The number of likely N-dealkylation sites (tertiary alicyclic amines) is 1. The average molecular weight is 416 g/mol. The maximum Gasteiger partial charge on any atom is 0.244 e. The third-order valence-electron chi connectivity index (χ3n) is 4.99. The SMILES string of the molecule is COCCOc1cc(-c2noc(C3CCCN3Cc3ccc(F)c(F)c3)n2)ccn1. The molecule has 0 saturated carbocycles. The van der Waals surface area contributed by atoms with E-state index in [4.69, 9.17) is 14.0 Å². The lowest BCUT2D eigenvalue weighted by atomic mass is 10.1. The second-order valence-corrected chi connectivity index (χ2v) is 7.06. The standard InChI is InChI=1S/C21H22F2N4O3/c1-28-9-10-29-19-12-15(6-7-24-19)20-25-21(30-26-20)18-3-2-8-27(18)13-14-4-5-16(22)17(23)11-14/h4-7,11-12,18H,2-3,8-10,13H2,1H3. The summed E-state index contributed by atoms with van der Waals surface area (Å²) in [5.74, 6) is -0.283. The molecule has 1 fully saturated rings. The van der Waals surface area contributed by atoms with Gasteiger partial charge in [0.1, 0.15) is 6.61 Å². The van der Waals surface area contributed by atoms with Gasteiger partial charge in [-0.25, -0.2) is 13.8 Å². The van der Waals surface area contributed by atoms with Crippen molar-refractivity contribution in [2.24, 2.45) is 0 Å². The highest BCUT2D eigenvalue weighted by Gasteiger charge is 2.31. The molecule has 4 rings (SSSR count). The monoisotopic (exact) mass is 416 g/mol. The summed E-state index contributed by atoms with van der Waals surface area (Å²) in [4.78, 5) is 10.9. The van der Waals surface area contributed by atoms with E-state index in [1.807, 2.05) is 0 Å². The van der Waals surface area contributed by atoms with Crippen LogP contribution in [0.1, 0.15) is 30.3 Å². The molecule has 9 heteroatoms. The van der Waals surface area contributed by atoms with Crippen molar-refractivity contribution in [2.45, 2.75) is 25.4 Å². The van der Waals surface area contributed by atoms with Crippen LogP contribution in [-0.2, 0) is 11.3 Å². The van der Waals surface area contributed by atoms with Crippen LogP contribution in [0, 0.1) is 11.6 Å². The van der Waals surface area contributed by atoms with E-state index in [1.54, 1.807) is 31.5 Å². The van der Waals surface area contributed by atoms with Gasteiger partial charge in [-0.05, 0) is 43.1 Å². The Morgan fingerprint density at radius 1 is 1.17 bits per heavy atom. The molecule has 0 bridgehead atoms. The average Bonchev–Trinajstić information content (AvgIpc) is 3.41. The van der Waals surface area contributed by atoms with E-state index in [9.17, 15) is 8.78 Å².